The van der Waals surface area contributed by atoms with Gasteiger partial charge < -0.3 is 9.88 Å². The monoisotopic (exact) mass is 229 g/mol. The quantitative estimate of drug-likeness (QED) is 0.854. The highest BCUT2D eigenvalue weighted by Gasteiger charge is 2.08. The molecular weight excluding hydrogens is 210 g/mol. The molecular formula is C14H19N3. The van der Waals surface area contributed by atoms with Crippen LogP contribution in [0.1, 0.15) is 31.9 Å². The first-order chi connectivity index (χ1) is 8.35. The Hall–Kier alpha value is -1.61. The van der Waals surface area contributed by atoms with Gasteiger partial charge in [0, 0.05) is 24.1 Å². The SMILES string of the molecule is CCNC(CC)c1cccc(-n2ccnc2)c1. The van der Waals surface area contributed by atoms with Crippen LogP contribution in [0.25, 0.3) is 5.69 Å². The minimum absolute atomic E-state index is 0.434. The van der Waals surface area contributed by atoms with Crippen LogP contribution in [0.5, 0.6) is 0 Å². The number of benzene rings is 1. The zero-order valence-corrected chi connectivity index (χ0v) is 10.4. The Morgan fingerprint density at radius 2 is 2.24 bits per heavy atom. The average molecular weight is 229 g/mol. The van der Waals surface area contributed by atoms with Crippen molar-refractivity contribution in [2.75, 3.05) is 6.54 Å². The van der Waals surface area contributed by atoms with Crippen LogP contribution in [0.3, 0.4) is 0 Å². The average Bonchev–Trinajstić information content (AvgIpc) is 2.90. The van der Waals surface area contributed by atoms with Crippen molar-refractivity contribution >= 4 is 0 Å². The van der Waals surface area contributed by atoms with E-state index in [1.165, 1.54) is 5.56 Å². The number of hydrogen-bond donors (Lipinski definition) is 1. The number of nitrogens with one attached hydrogen (secondary N) is 1. The molecule has 3 nitrogen and oxygen atoms in total. The molecule has 90 valence electrons. The Labute approximate surface area is 103 Å². The van der Waals surface area contributed by atoms with E-state index < -0.39 is 0 Å². The van der Waals surface area contributed by atoms with Crippen molar-refractivity contribution in [1.29, 1.82) is 0 Å². The lowest BCUT2D eigenvalue weighted by molar-refractivity contribution is 0.537. The summed E-state index contributed by atoms with van der Waals surface area (Å²) >= 11 is 0. The third-order valence-corrected chi connectivity index (χ3v) is 2.93. The number of imidazole rings is 1. The molecule has 1 aromatic carbocycles. The van der Waals surface area contributed by atoms with Crippen LogP contribution in [0.15, 0.2) is 43.0 Å². The predicted octanol–water partition coefficient (Wildman–Crippen LogP) is 2.93. The first kappa shape index (κ1) is 11.9. The van der Waals surface area contributed by atoms with Gasteiger partial charge in [-0.2, -0.15) is 0 Å². The van der Waals surface area contributed by atoms with Crippen LogP contribution < -0.4 is 5.32 Å². The zero-order chi connectivity index (χ0) is 12.1. The van der Waals surface area contributed by atoms with Gasteiger partial charge >= 0.3 is 0 Å². The maximum Gasteiger partial charge on any atom is 0.0991 e. The third-order valence-electron chi connectivity index (χ3n) is 2.93. The van der Waals surface area contributed by atoms with Gasteiger partial charge in [-0.1, -0.05) is 26.0 Å². The Kier molecular flexibility index (Phi) is 3.94. The molecule has 0 aliphatic carbocycles. The fraction of sp³-hybridized carbons (Fsp3) is 0.357. The maximum absolute atomic E-state index is 4.08. The van der Waals surface area contributed by atoms with Crippen molar-refractivity contribution in [2.45, 2.75) is 26.3 Å². The summed E-state index contributed by atoms with van der Waals surface area (Å²) in [7, 11) is 0. The van der Waals surface area contributed by atoms with Gasteiger partial charge in [0.05, 0.1) is 6.33 Å². The highest BCUT2D eigenvalue weighted by molar-refractivity contribution is 5.37. The standard InChI is InChI=1S/C14H19N3/c1-3-14(16-4-2)12-6-5-7-13(10-12)17-9-8-15-11-17/h5-11,14,16H,3-4H2,1-2H3. The Balaban J connectivity index is 2.27. The summed E-state index contributed by atoms with van der Waals surface area (Å²) in [6.45, 7) is 5.34. The van der Waals surface area contributed by atoms with E-state index in [4.69, 9.17) is 0 Å². The molecule has 0 spiro atoms. The summed E-state index contributed by atoms with van der Waals surface area (Å²) in [6, 6.07) is 9.04. The molecule has 2 rings (SSSR count). The normalized spacial score (nSPS) is 12.6. The fourth-order valence-electron chi connectivity index (χ4n) is 2.06. The van der Waals surface area contributed by atoms with Crippen molar-refractivity contribution in [3.8, 4) is 5.69 Å². The van der Waals surface area contributed by atoms with E-state index in [2.05, 4.69) is 48.4 Å². The van der Waals surface area contributed by atoms with Crippen LogP contribution in [0, 0.1) is 0 Å². The molecule has 2 aromatic rings. The largest absolute Gasteiger partial charge is 0.310 e. The summed E-state index contributed by atoms with van der Waals surface area (Å²) in [5.74, 6) is 0. The lowest BCUT2D eigenvalue weighted by atomic mass is 10.0. The maximum atomic E-state index is 4.08. The van der Waals surface area contributed by atoms with Gasteiger partial charge in [-0.15, -0.1) is 0 Å². The molecule has 0 aliphatic rings. The fourth-order valence-corrected chi connectivity index (χ4v) is 2.06. The molecule has 1 aromatic heterocycles. The van der Waals surface area contributed by atoms with Crippen LogP contribution in [-0.4, -0.2) is 16.1 Å². The number of rotatable bonds is 5. The summed E-state index contributed by atoms with van der Waals surface area (Å²) in [5.41, 5.74) is 2.50. The predicted molar refractivity (Wildman–Crippen MR) is 70.3 cm³/mol. The Morgan fingerprint density at radius 1 is 1.35 bits per heavy atom. The Bertz CT molecular complexity index is 448. The summed E-state index contributed by atoms with van der Waals surface area (Å²) in [4.78, 5) is 4.08. The third kappa shape index (κ3) is 2.74. The number of aromatic nitrogens is 2. The molecule has 1 heterocycles. The second kappa shape index (κ2) is 5.64. The number of hydrogen-bond acceptors (Lipinski definition) is 2. The lowest BCUT2D eigenvalue weighted by Crippen LogP contribution is -2.20. The van der Waals surface area contributed by atoms with Gasteiger partial charge in [0.25, 0.3) is 0 Å². The zero-order valence-electron chi connectivity index (χ0n) is 10.4. The molecule has 17 heavy (non-hydrogen) atoms. The van der Waals surface area contributed by atoms with Crippen molar-refractivity contribution in [2.24, 2.45) is 0 Å². The van der Waals surface area contributed by atoms with Crippen molar-refractivity contribution < 1.29 is 0 Å². The smallest absolute Gasteiger partial charge is 0.0991 e. The van der Waals surface area contributed by atoms with E-state index in [1.54, 1.807) is 6.20 Å². The Morgan fingerprint density at radius 3 is 2.88 bits per heavy atom. The molecule has 0 saturated carbocycles. The second-order valence-electron chi connectivity index (χ2n) is 4.08. The summed E-state index contributed by atoms with van der Waals surface area (Å²) in [5, 5.41) is 3.50. The molecule has 1 atom stereocenters. The van der Waals surface area contributed by atoms with E-state index in [-0.39, 0.29) is 0 Å². The highest BCUT2D eigenvalue weighted by atomic mass is 15.0. The second-order valence-corrected chi connectivity index (χ2v) is 4.08. The van der Waals surface area contributed by atoms with Crippen molar-refractivity contribution in [1.82, 2.24) is 14.9 Å². The molecule has 0 bridgehead atoms. The van der Waals surface area contributed by atoms with Gasteiger partial charge in [0.15, 0.2) is 0 Å². The van der Waals surface area contributed by atoms with Crippen LogP contribution >= 0.6 is 0 Å². The molecule has 1 unspecified atom stereocenters. The highest BCUT2D eigenvalue weighted by Crippen LogP contribution is 2.19. The minimum Gasteiger partial charge on any atom is -0.310 e. The van der Waals surface area contributed by atoms with E-state index in [0.29, 0.717) is 6.04 Å². The lowest BCUT2D eigenvalue weighted by Gasteiger charge is -2.17. The van der Waals surface area contributed by atoms with E-state index in [0.717, 1.165) is 18.7 Å². The molecule has 0 fully saturated rings. The first-order valence-corrected chi connectivity index (χ1v) is 6.16. The topological polar surface area (TPSA) is 29.9 Å². The van der Waals surface area contributed by atoms with Gasteiger partial charge in [0.2, 0.25) is 0 Å². The van der Waals surface area contributed by atoms with Crippen LogP contribution in [0.4, 0.5) is 0 Å². The summed E-state index contributed by atoms with van der Waals surface area (Å²) in [6.07, 6.45) is 6.69. The van der Waals surface area contributed by atoms with E-state index in [9.17, 15) is 0 Å². The minimum atomic E-state index is 0.434. The van der Waals surface area contributed by atoms with Gasteiger partial charge in [-0.25, -0.2) is 4.98 Å². The van der Waals surface area contributed by atoms with E-state index in [1.807, 2.05) is 17.1 Å². The van der Waals surface area contributed by atoms with Crippen LogP contribution in [0.2, 0.25) is 0 Å². The van der Waals surface area contributed by atoms with Crippen molar-refractivity contribution in [3.63, 3.8) is 0 Å². The first-order valence-electron chi connectivity index (χ1n) is 6.16. The van der Waals surface area contributed by atoms with Gasteiger partial charge in [0.1, 0.15) is 0 Å². The summed E-state index contributed by atoms with van der Waals surface area (Å²) < 4.78 is 2.03. The molecule has 3 heteroatoms. The number of nitrogens with zero attached hydrogens (tertiary/aromatic N) is 2. The van der Waals surface area contributed by atoms with Crippen molar-refractivity contribution in [3.05, 3.63) is 48.5 Å². The van der Waals surface area contributed by atoms with Gasteiger partial charge in [-0.05, 0) is 30.7 Å². The van der Waals surface area contributed by atoms with E-state index >= 15 is 0 Å². The molecule has 0 amide bonds. The molecule has 1 N–H and O–H groups in total. The molecule has 0 aliphatic heterocycles. The van der Waals surface area contributed by atoms with Gasteiger partial charge in [-0.3, -0.25) is 0 Å². The van der Waals surface area contributed by atoms with Crippen LogP contribution in [-0.2, 0) is 0 Å². The molecule has 0 saturated heterocycles. The molecule has 0 radical (unpaired) electrons.